The molecular formula is C25H18Cl2N2O3S2. The summed E-state index contributed by atoms with van der Waals surface area (Å²) >= 11 is 13.5. The molecule has 0 atom stereocenters. The molecule has 0 unspecified atom stereocenters. The van der Waals surface area contributed by atoms with E-state index in [4.69, 9.17) is 23.2 Å². The topological polar surface area (TPSA) is 75.3 Å². The number of carbonyl (C=O) groups excluding carboxylic acids is 1. The fraction of sp³-hybridized carbons (Fsp3) is 0. The van der Waals surface area contributed by atoms with E-state index in [9.17, 15) is 13.2 Å². The molecule has 0 bridgehead atoms. The molecule has 5 nitrogen and oxygen atoms in total. The summed E-state index contributed by atoms with van der Waals surface area (Å²) in [5, 5.41) is 3.51. The highest BCUT2D eigenvalue weighted by molar-refractivity contribution is 7.99. The van der Waals surface area contributed by atoms with E-state index in [0.29, 0.717) is 15.7 Å². The second-order valence-electron chi connectivity index (χ2n) is 7.14. The standard InChI is InChI=1S/C25H18Cl2N2O3S2/c26-17-6-13-22(14-7-17)34(31,32)29-24-15-8-18(27)16-23(24)25(30)28-19-9-11-21(12-10-19)33-20-4-2-1-3-5-20/h1-16,29H,(H,28,30). The fourth-order valence-corrected chi connectivity index (χ4v) is 5.26. The highest BCUT2D eigenvalue weighted by Gasteiger charge is 2.19. The SMILES string of the molecule is O=C(Nc1ccc(Sc2ccccc2)cc1)c1cc(Cl)ccc1NS(=O)(=O)c1ccc(Cl)cc1. The average molecular weight is 529 g/mol. The summed E-state index contributed by atoms with van der Waals surface area (Å²) in [6, 6.07) is 27.4. The second kappa shape index (κ2) is 10.5. The van der Waals surface area contributed by atoms with Crippen LogP contribution in [0.1, 0.15) is 10.4 Å². The van der Waals surface area contributed by atoms with Crippen LogP contribution in [0.2, 0.25) is 10.0 Å². The van der Waals surface area contributed by atoms with Gasteiger partial charge in [-0.25, -0.2) is 8.42 Å². The van der Waals surface area contributed by atoms with Crippen LogP contribution in [0.15, 0.2) is 112 Å². The highest BCUT2D eigenvalue weighted by atomic mass is 35.5. The summed E-state index contributed by atoms with van der Waals surface area (Å²) in [5.41, 5.74) is 0.759. The minimum atomic E-state index is -3.94. The average Bonchev–Trinajstić information content (AvgIpc) is 2.82. The van der Waals surface area contributed by atoms with E-state index in [2.05, 4.69) is 10.0 Å². The first-order valence-electron chi connectivity index (χ1n) is 10.0. The molecule has 0 saturated heterocycles. The quantitative estimate of drug-likeness (QED) is 0.266. The van der Waals surface area contributed by atoms with E-state index in [1.807, 2.05) is 42.5 Å². The Bertz CT molecular complexity index is 1410. The zero-order valence-electron chi connectivity index (χ0n) is 17.5. The maximum atomic E-state index is 13.0. The van der Waals surface area contributed by atoms with Crippen molar-refractivity contribution in [3.63, 3.8) is 0 Å². The number of carbonyl (C=O) groups is 1. The van der Waals surface area contributed by atoms with Crippen LogP contribution in [-0.2, 0) is 10.0 Å². The molecule has 0 spiro atoms. The minimum absolute atomic E-state index is 0.0183. The summed E-state index contributed by atoms with van der Waals surface area (Å²) in [6.45, 7) is 0. The maximum absolute atomic E-state index is 13.0. The van der Waals surface area contributed by atoms with Gasteiger partial charge in [-0.1, -0.05) is 53.2 Å². The molecule has 0 aliphatic carbocycles. The minimum Gasteiger partial charge on any atom is -0.322 e. The van der Waals surface area contributed by atoms with Crippen LogP contribution in [0.4, 0.5) is 11.4 Å². The van der Waals surface area contributed by atoms with Gasteiger partial charge in [0.2, 0.25) is 0 Å². The molecule has 0 aliphatic rings. The smallest absolute Gasteiger partial charge is 0.261 e. The largest absolute Gasteiger partial charge is 0.322 e. The van der Waals surface area contributed by atoms with Gasteiger partial charge in [0.25, 0.3) is 15.9 Å². The summed E-state index contributed by atoms with van der Waals surface area (Å²) in [4.78, 5) is 15.1. The van der Waals surface area contributed by atoms with Gasteiger partial charge in [-0.15, -0.1) is 0 Å². The number of hydrogen-bond acceptors (Lipinski definition) is 4. The predicted molar refractivity (Wildman–Crippen MR) is 139 cm³/mol. The maximum Gasteiger partial charge on any atom is 0.261 e. The van der Waals surface area contributed by atoms with Gasteiger partial charge < -0.3 is 5.32 Å². The number of amides is 1. The van der Waals surface area contributed by atoms with E-state index in [1.54, 1.807) is 23.9 Å². The zero-order valence-corrected chi connectivity index (χ0v) is 20.7. The third kappa shape index (κ3) is 6.12. The number of hydrogen-bond donors (Lipinski definition) is 2. The molecule has 0 radical (unpaired) electrons. The molecule has 1 amide bonds. The molecule has 4 aromatic carbocycles. The first-order chi connectivity index (χ1) is 16.3. The van der Waals surface area contributed by atoms with Crippen LogP contribution >= 0.6 is 35.0 Å². The van der Waals surface area contributed by atoms with Crippen molar-refractivity contribution in [1.29, 1.82) is 0 Å². The van der Waals surface area contributed by atoms with Crippen molar-refractivity contribution < 1.29 is 13.2 Å². The second-order valence-corrected chi connectivity index (χ2v) is 10.8. The van der Waals surface area contributed by atoms with Crippen LogP contribution in [-0.4, -0.2) is 14.3 Å². The van der Waals surface area contributed by atoms with Crippen LogP contribution < -0.4 is 10.0 Å². The molecule has 0 heterocycles. The number of anilines is 2. The van der Waals surface area contributed by atoms with Crippen molar-refractivity contribution >= 4 is 62.3 Å². The van der Waals surface area contributed by atoms with E-state index in [-0.39, 0.29) is 16.1 Å². The fourth-order valence-electron chi connectivity index (χ4n) is 3.04. The number of nitrogens with one attached hydrogen (secondary N) is 2. The van der Waals surface area contributed by atoms with E-state index in [1.165, 1.54) is 42.5 Å². The Hall–Kier alpha value is -2.97. The van der Waals surface area contributed by atoms with Crippen LogP contribution in [0.5, 0.6) is 0 Å². The van der Waals surface area contributed by atoms with Gasteiger partial charge in [0.15, 0.2) is 0 Å². The summed E-state index contributed by atoms with van der Waals surface area (Å²) in [7, 11) is -3.94. The molecule has 0 aromatic heterocycles. The van der Waals surface area contributed by atoms with Crippen LogP contribution in [0.3, 0.4) is 0 Å². The molecule has 0 saturated carbocycles. The molecular weight excluding hydrogens is 511 g/mol. The van der Waals surface area contributed by atoms with Crippen LogP contribution in [0, 0.1) is 0 Å². The Labute approximate surface area is 212 Å². The van der Waals surface area contributed by atoms with E-state index < -0.39 is 15.9 Å². The van der Waals surface area contributed by atoms with Gasteiger partial charge in [-0.2, -0.15) is 0 Å². The Morgan fingerprint density at radius 1 is 0.735 bits per heavy atom. The van der Waals surface area contributed by atoms with Crippen molar-refractivity contribution in [2.45, 2.75) is 14.7 Å². The predicted octanol–water partition coefficient (Wildman–Crippen LogP) is 7.20. The summed E-state index contributed by atoms with van der Waals surface area (Å²) in [5.74, 6) is -0.500. The van der Waals surface area contributed by atoms with Crippen molar-refractivity contribution in [2.24, 2.45) is 0 Å². The molecule has 172 valence electrons. The lowest BCUT2D eigenvalue weighted by atomic mass is 10.1. The van der Waals surface area contributed by atoms with Crippen molar-refractivity contribution in [3.05, 3.63) is 113 Å². The van der Waals surface area contributed by atoms with Gasteiger partial charge in [-0.3, -0.25) is 9.52 Å². The van der Waals surface area contributed by atoms with Crippen molar-refractivity contribution in [1.82, 2.24) is 0 Å². The lowest BCUT2D eigenvalue weighted by Crippen LogP contribution is -2.18. The van der Waals surface area contributed by atoms with E-state index >= 15 is 0 Å². The number of benzene rings is 4. The number of halogens is 2. The summed E-state index contributed by atoms with van der Waals surface area (Å²) in [6.07, 6.45) is 0. The third-order valence-electron chi connectivity index (χ3n) is 4.69. The van der Waals surface area contributed by atoms with Gasteiger partial charge >= 0.3 is 0 Å². The van der Waals surface area contributed by atoms with Gasteiger partial charge in [0, 0.05) is 25.5 Å². The third-order valence-corrected chi connectivity index (χ3v) is 7.57. The lowest BCUT2D eigenvalue weighted by molar-refractivity contribution is 0.102. The van der Waals surface area contributed by atoms with Crippen LogP contribution in [0.25, 0.3) is 0 Å². The lowest BCUT2D eigenvalue weighted by Gasteiger charge is -2.14. The molecule has 2 N–H and O–H groups in total. The van der Waals surface area contributed by atoms with Crippen molar-refractivity contribution in [2.75, 3.05) is 10.0 Å². The Morgan fingerprint density at radius 2 is 1.35 bits per heavy atom. The molecule has 0 aliphatic heterocycles. The molecule has 4 aromatic rings. The van der Waals surface area contributed by atoms with Gasteiger partial charge in [-0.05, 0) is 78.9 Å². The zero-order chi connectivity index (χ0) is 24.1. The number of sulfonamides is 1. The number of rotatable bonds is 7. The summed E-state index contributed by atoms with van der Waals surface area (Å²) < 4.78 is 28.1. The first kappa shape index (κ1) is 24.2. The van der Waals surface area contributed by atoms with E-state index in [0.717, 1.165) is 9.79 Å². The Kier molecular flexibility index (Phi) is 7.48. The monoisotopic (exact) mass is 528 g/mol. The normalized spacial score (nSPS) is 11.1. The Morgan fingerprint density at radius 3 is 2.03 bits per heavy atom. The van der Waals surface area contributed by atoms with Gasteiger partial charge in [0.05, 0.1) is 16.1 Å². The molecule has 34 heavy (non-hydrogen) atoms. The highest BCUT2D eigenvalue weighted by Crippen LogP contribution is 2.29. The first-order valence-corrected chi connectivity index (χ1v) is 13.1. The van der Waals surface area contributed by atoms with Crippen molar-refractivity contribution in [3.8, 4) is 0 Å². The van der Waals surface area contributed by atoms with Gasteiger partial charge in [0.1, 0.15) is 0 Å². The molecule has 0 fully saturated rings. The molecule has 4 rings (SSSR count). The molecule has 9 heteroatoms. The Balaban J connectivity index is 1.52.